The number of nitrogens with zero attached hydrogens (tertiary/aromatic N) is 5. The summed E-state index contributed by atoms with van der Waals surface area (Å²) in [6.07, 6.45) is 9.96. The summed E-state index contributed by atoms with van der Waals surface area (Å²) < 4.78 is 27.9. The molecule has 1 saturated heterocycles. The van der Waals surface area contributed by atoms with Crippen LogP contribution in [0, 0.1) is 0 Å². The molecule has 0 unspecified atom stereocenters. The van der Waals surface area contributed by atoms with E-state index in [4.69, 9.17) is 4.98 Å². The van der Waals surface area contributed by atoms with Crippen LogP contribution in [0.3, 0.4) is 0 Å². The second-order valence-electron chi connectivity index (χ2n) is 7.83. The molecule has 2 aromatic rings. The molecule has 0 radical (unpaired) electrons. The molecule has 2 aliphatic carbocycles. The number of hydrogen-bond acceptors (Lipinski definition) is 5. The number of aromatic nitrogens is 4. The minimum absolute atomic E-state index is 0.0982. The van der Waals surface area contributed by atoms with Crippen molar-refractivity contribution in [3.63, 3.8) is 0 Å². The van der Waals surface area contributed by atoms with Crippen LogP contribution in [0.1, 0.15) is 36.2 Å². The zero-order valence-corrected chi connectivity index (χ0v) is 15.0. The Morgan fingerprint density at radius 2 is 2.04 bits per heavy atom. The van der Waals surface area contributed by atoms with E-state index in [9.17, 15) is 8.78 Å². The Kier molecular flexibility index (Phi) is 3.79. The van der Waals surface area contributed by atoms with Crippen LogP contribution in [0.25, 0.3) is 11.6 Å². The lowest BCUT2D eigenvalue weighted by Crippen LogP contribution is -2.64. The van der Waals surface area contributed by atoms with Crippen molar-refractivity contribution >= 4 is 5.70 Å². The highest BCUT2D eigenvalue weighted by molar-refractivity contribution is 5.63. The molecule has 142 valence electrons. The first-order valence-electron chi connectivity index (χ1n) is 9.44. The highest BCUT2D eigenvalue weighted by atomic mass is 19.3. The molecule has 2 aromatic heterocycles. The van der Waals surface area contributed by atoms with Gasteiger partial charge in [0.05, 0.1) is 24.5 Å². The lowest BCUT2D eigenvalue weighted by Gasteiger charge is -2.50. The highest BCUT2D eigenvalue weighted by Gasteiger charge is 2.49. The van der Waals surface area contributed by atoms with Crippen molar-refractivity contribution < 1.29 is 8.78 Å². The lowest BCUT2D eigenvalue weighted by atomic mass is 9.83. The van der Waals surface area contributed by atoms with Crippen LogP contribution in [0.5, 0.6) is 0 Å². The number of aryl methyl sites for hydroxylation is 1. The summed E-state index contributed by atoms with van der Waals surface area (Å²) in [5.74, 6) is -1.88. The number of hydrogen-bond donors (Lipinski definition) is 1. The Morgan fingerprint density at radius 1 is 1.22 bits per heavy atom. The van der Waals surface area contributed by atoms with Gasteiger partial charge in [0, 0.05) is 35.7 Å². The third kappa shape index (κ3) is 3.01. The van der Waals surface area contributed by atoms with Gasteiger partial charge in [0.15, 0.2) is 0 Å². The maximum Gasteiger partial charge on any atom is 0.272 e. The van der Waals surface area contributed by atoms with Crippen LogP contribution in [0.15, 0.2) is 25.3 Å². The van der Waals surface area contributed by atoms with Crippen molar-refractivity contribution in [2.24, 2.45) is 0 Å². The third-order valence-corrected chi connectivity index (χ3v) is 5.82. The average Bonchev–Trinajstić information content (AvgIpc) is 3.25. The van der Waals surface area contributed by atoms with E-state index < -0.39 is 5.92 Å². The fourth-order valence-corrected chi connectivity index (χ4v) is 4.29. The van der Waals surface area contributed by atoms with Gasteiger partial charge in [-0.25, -0.2) is 23.7 Å². The second kappa shape index (κ2) is 6.09. The molecular formula is C19H22F2N6. The van der Waals surface area contributed by atoms with Crippen LogP contribution in [-0.4, -0.2) is 55.5 Å². The molecule has 0 bridgehead atoms. The summed E-state index contributed by atoms with van der Waals surface area (Å²) in [6, 6.07) is 0.521. The minimum Gasteiger partial charge on any atom is -0.381 e. The average molecular weight is 372 g/mol. The zero-order valence-electron chi connectivity index (χ0n) is 15.0. The van der Waals surface area contributed by atoms with Crippen LogP contribution in [0.2, 0.25) is 0 Å². The monoisotopic (exact) mass is 372 g/mol. The van der Waals surface area contributed by atoms with Crippen molar-refractivity contribution in [3.05, 3.63) is 42.3 Å². The van der Waals surface area contributed by atoms with E-state index in [1.165, 1.54) is 5.56 Å². The van der Waals surface area contributed by atoms with Gasteiger partial charge in [0.25, 0.3) is 5.92 Å². The minimum atomic E-state index is -2.49. The SMILES string of the molecule is C=C(NC1CC(N2CC(F)(F)C2)C1)c1nc(-n2ccnc2)nc2c1CCC2. The fraction of sp³-hybridized carbons (Fsp3) is 0.526. The molecule has 0 amide bonds. The van der Waals surface area contributed by atoms with Crippen molar-refractivity contribution in [2.45, 2.75) is 50.1 Å². The molecule has 1 saturated carbocycles. The molecule has 6 nitrogen and oxygen atoms in total. The van der Waals surface area contributed by atoms with Gasteiger partial charge in [0.1, 0.15) is 6.33 Å². The van der Waals surface area contributed by atoms with Crippen LogP contribution < -0.4 is 5.32 Å². The van der Waals surface area contributed by atoms with Crippen LogP contribution in [-0.2, 0) is 12.8 Å². The number of likely N-dealkylation sites (tertiary alicyclic amines) is 1. The molecule has 3 aliphatic rings. The summed E-state index contributed by atoms with van der Waals surface area (Å²) in [7, 11) is 0. The molecule has 1 N–H and O–H groups in total. The summed E-state index contributed by atoms with van der Waals surface area (Å²) >= 11 is 0. The Bertz CT molecular complexity index is 865. The topological polar surface area (TPSA) is 58.9 Å². The summed E-state index contributed by atoms with van der Waals surface area (Å²) in [5, 5.41) is 3.46. The largest absolute Gasteiger partial charge is 0.381 e. The Labute approximate surface area is 156 Å². The number of rotatable bonds is 5. The Balaban J connectivity index is 1.28. The van der Waals surface area contributed by atoms with Gasteiger partial charge in [0.2, 0.25) is 5.95 Å². The van der Waals surface area contributed by atoms with E-state index in [0.717, 1.165) is 49.2 Å². The van der Waals surface area contributed by atoms with E-state index in [-0.39, 0.29) is 25.2 Å². The highest BCUT2D eigenvalue weighted by Crippen LogP contribution is 2.36. The van der Waals surface area contributed by atoms with Gasteiger partial charge >= 0.3 is 0 Å². The molecule has 1 aliphatic heterocycles. The lowest BCUT2D eigenvalue weighted by molar-refractivity contribution is -0.157. The first-order chi connectivity index (χ1) is 13.0. The van der Waals surface area contributed by atoms with E-state index >= 15 is 0 Å². The first-order valence-corrected chi connectivity index (χ1v) is 9.44. The predicted octanol–water partition coefficient (Wildman–Crippen LogP) is 2.19. The number of fused-ring (bicyclic) bond motifs is 1. The van der Waals surface area contributed by atoms with Crippen molar-refractivity contribution in [3.8, 4) is 5.95 Å². The second-order valence-corrected chi connectivity index (χ2v) is 7.83. The molecule has 0 spiro atoms. The van der Waals surface area contributed by atoms with Gasteiger partial charge in [-0.3, -0.25) is 9.47 Å². The molecule has 27 heavy (non-hydrogen) atoms. The zero-order chi connectivity index (χ0) is 18.6. The van der Waals surface area contributed by atoms with Gasteiger partial charge in [-0.05, 0) is 32.1 Å². The van der Waals surface area contributed by atoms with Crippen LogP contribution in [0.4, 0.5) is 8.78 Å². The maximum absolute atomic E-state index is 13.0. The fourth-order valence-electron chi connectivity index (χ4n) is 4.29. The standard InChI is InChI=1S/C19H22F2N6/c1-12(23-13-7-14(8-13)27-9-19(20,21)10-27)17-15-3-2-4-16(15)24-18(25-17)26-6-5-22-11-26/h5-6,11,13-14,23H,1-4,7-10H2. The van der Waals surface area contributed by atoms with E-state index in [1.807, 2.05) is 11.1 Å². The van der Waals surface area contributed by atoms with Gasteiger partial charge in [-0.1, -0.05) is 6.58 Å². The maximum atomic E-state index is 13.0. The first kappa shape index (κ1) is 16.8. The number of alkyl halides is 2. The van der Waals surface area contributed by atoms with E-state index in [1.54, 1.807) is 17.1 Å². The molecular weight excluding hydrogens is 350 g/mol. The van der Waals surface area contributed by atoms with Crippen molar-refractivity contribution in [2.75, 3.05) is 13.1 Å². The van der Waals surface area contributed by atoms with E-state index in [2.05, 4.69) is 21.9 Å². The summed E-state index contributed by atoms with van der Waals surface area (Å²) in [6.45, 7) is 4.02. The smallest absolute Gasteiger partial charge is 0.272 e. The van der Waals surface area contributed by atoms with E-state index in [0.29, 0.717) is 5.95 Å². The molecule has 5 rings (SSSR count). The molecule has 0 atom stereocenters. The summed E-state index contributed by atoms with van der Waals surface area (Å²) in [4.78, 5) is 15.4. The quantitative estimate of drug-likeness (QED) is 0.872. The van der Waals surface area contributed by atoms with Crippen molar-refractivity contribution in [1.82, 2.24) is 29.7 Å². The normalized spacial score (nSPS) is 26.1. The van der Waals surface area contributed by atoms with Gasteiger partial charge in [-0.15, -0.1) is 0 Å². The number of imidazole rings is 1. The predicted molar refractivity (Wildman–Crippen MR) is 96.7 cm³/mol. The molecule has 3 heterocycles. The van der Waals surface area contributed by atoms with Gasteiger partial charge in [-0.2, -0.15) is 0 Å². The van der Waals surface area contributed by atoms with Gasteiger partial charge < -0.3 is 5.32 Å². The third-order valence-electron chi connectivity index (χ3n) is 5.82. The Hall–Kier alpha value is -2.35. The Morgan fingerprint density at radius 3 is 2.74 bits per heavy atom. The van der Waals surface area contributed by atoms with Crippen molar-refractivity contribution in [1.29, 1.82) is 0 Å². The number of halogens is 2. The van der Waals surface area contributed by atoms with Crippen LogP contribution >= 0.6 is 0 Å². The number of nitrogens with one attached hydrogen (secondary N) is 1. The summed E-state index contributed by atoms with van der Waals surface area (Å²) in [5.41, 5.74) is 3.94. The molecule has 8 heteroatoms. The molecule has 2 fully saturated rings. The molecule has 0 aromatic carbocycles.